The van der Waals surface area contributed by atoms with Crippen molar-refractivity contribution in [1.29, 1.82) is 0 Å². The Labute approximate surface area is 141 Å². The molecule has 0 aromatic heterocycles. The fourth-order valence-corrected chi connectivity index (χ4v) is 2.36. The molecule has 0 rings (SSSR count). The largest absolute Gasteiger partial charge is 0.424 e. The number of rotatable bonds is 12. The Bertz CT molecular complexity index is 290. The van der Waals surface area contributed by atoms with E-state index in [4.69, 9.17) is 10.3 Å². The summed E-state index contributed by atoms with van der Waals surface area (Å²) in [5.74, 6) is 3.51. The summed E-state index contributed by atoms with van der Waals surface area (Å²) >= 11 is 0. The molecule has 138 valence electrons. The Hall–Kier alpha value is -1.00. The zero-order chi connectivity index (χ0) is 17.9. The molecular formula is C14H32N2O6Si. The van der Waals surface area contributed by atoms with Crippen LogP contribution in [0.5, 0.6) is 0 Å². The number of hydrogen-bond acceptors (Lipinski definition) is 7. The molecule has 23 heavy (non-hydrogen) atoms. The van der Waals surface area contributed by atoms with Crippen molar-refractivity contribution in [2.75, 3.05) is 26.4 Å². The van der Waals surface area contributed by atoms with Gasteiger partial charge in [-0.05, 0) is 33.2 Å². The average Bonchev–Trinajstić information content (AvgIpc) is 2.55. The first kappa shape index (κ1) is 24.3. The zero-order valence-corrected chi connectivity index (χ0v) is 16.2. The summed E-state index contributed by atoms with van der Waals surface area (Å²) in [4.78, 5) is 35.4. The summed E-state index contributed by atoms with van der Waals surface area (Å²) in [6.07, 6.45) is 1.03. The maximum absolute atomic E-state index is 11.4. The Morgan fingerprint density at radius 3 is 2.22 bits per heavy atom. The molecular weight excluding hydrogens is 320 g/mol. The topological polar surface area (TPSA) is 109 Å². The van der Waals surface area contributed by atoms with Crippen LogP contribution in [-0.2, 0) is 28.6 Å². The van der Waals surface area contributed by atoms with Gasteiger partial charge in [-0.15, -0.1) is 0 Å². The van der Waals surface area contributed by atoms with Gasteiger partial charge in [0, 0.05) is 19.6 Å². The Balaban J connectivity index is 0. The molecule has 9 heteroatoms. The van der Waals surface area contributed by atoms with E-state index < -0.39 is 21.7 Å². The van der Waals surface area contributed by atoms with E-state index in [-0.39, 0.29) is 12.3 Å². The van der Waals surface area contributed by atoms with Crippen molar-refractivity contribution >= 4 is 21.6 Å². The van der Waals surface area contributed by atoms with Gasteiger partial charge in [-0.2, -0.15) is 5.90 Å². The van der Waals surface area contributed by atoms with Gasteiger partial charge in [-0.1, -0.05) is 6.92 Å². The summed E-state index contributed by atoms with van der Waals surface area (Å²) in [6.45, 7) is 10.0. The molecule has 0 spiro atoms. The smallest absolute Gasteiger partial charge is 0.327 e. The van der Waals surface area contributed by atoms with Gasteiger partial charge in [-0.3, -0.25) is 9.59 Å². The highest BCUT2D eigenvalue weighted by Gasteiger charge is 2.17. The average molecular weight is 353 g/mol. The number of nitrogens with one attached hydrogen (secondary N) is 1. The van der Waals surface area contributed by atoms with Crippen molar-refractivity contribution in [3.8, 4) is 0 Å². The third-order valence-corrected chi connectivity index (χ3v) is 4.06. The van der Waals surface area contributed by atoms with Crippen LogP contribution in [0.15, 0.2) is 0 Å². The van der Waals surface area contributed by atoms with Crippen molar-refractivity contribution in [3.05, 3.63) is 0 Å². The molecule has 0 aliphatic rings. The normalized spacial score (nSPS) is 11.7. The molecule has 0 aliphatic carbocycles. The summed E-state index contributed by atoms with van der Waals surface area (Å²) < 4.78 is 5.30. The highest BCUT2D eigenvalue weighted by atomic mass is 28.2. The van der Waals surface area contributed by atoms with Crippen molar-refractivity contribution in [2.24, 2.45) is 11.8 Å². The van der Waals surface area contributed by atoms with Crippen LogP contribution in [0.2, 0.25) is 6.04 Å². The van der Waals surface area contributed by atoms with Gasteiger partial charge in [0.25, 0.3) is 0 Å². The van der Waals surface area contributed by atoms with Crippen molar-refractivity contribution in [2.45, 2.75) is 46.6 Å². The molecule has 0 aromatic carbocycles. The number of nitrogens with two attached hydrogens (primary N) is 1. The number of hydrogen-bond donors (Lipinski definition) is 2. The minimum absolute atomic E-state index is 0.110. The number of carbonyl (C=O) groups is 2. The van der Waals surface area contributed by atoms with Crippen LogP contribution in [0, 0.1) is 5.92 Å². The minimum atomic E-state index is -0.566. The molecule has 3 N–H and O–H groups in total. The molecule has 0 aromatic rings. The van der Waals surface area contributed by atoms with Crippen molar-refractivity contribution in [1.82, 2.24) is 5.32 Å². The van der Waals surface area contributed by atoms with Gasteiger partial charge in [0.15, 0.2) is 9.76 Å². The summed E-state index contributed by atoms with van der Waals surface area (Å²) in [5, 5.41) is 2.75. The van der Waals surface area contributed by atoms with Gasteiger partial charge in [0.05, 0.1) is 19.1 Å². The molecule has 0 bridgehead atoms. The monoisotopic (exact) mass is 352 g/mol. The molecule has 0 saturated heterocycles. The first-order valence-corrected chi connectivity index (χ1v) is 9.60. The lowest BCUT2D eigenvalue weighted by molar-refractivity contribution is -0.287. The zero-order valence-electron chi connectivity index (χ0n) is 14.8. The second-order valence-electron chi connectivity index (χ2n) is 4.61. The molecule has 8 nitrogen and oxygen atoms in total. The highest BCUT2D eigenvalue weighted by Crippen LogP contribution is 2.02. The SMILES string of the molecule is CCOOCC.CCO[SiH2]CCCNC(=O)C[C@@H](C)C(=O)ON. The molecule has 0 fully saturated rings. The lowest BCUT2D eigenvalue weighted by atomic mass is 10.1. The Morgan fingerprint density at radius 1 is 1.13 bits per heavy atom. The van der Waals surface area contributed by atoms with Crippen LogP contribution < -0.4 is 11.2 Å². The van der Waals surface area contributed by atoms with E-state index >= 15 is 0 Å². The molecule has 0 heterocycles. The number of amides is 1. The van der Waals surface area contributed by atoms with Crippen LogP contribution in [0.25, 0.3) is 0 Å². The summed E-state index contributed by atoms with van der Waals surface area (Å²) in [7, 11) is -0.414. The molecule has 0 unspecified atom stereocenters. The van der Waals surface area contributed by atoms with Gasteiger partial charge in [-0.25, -0.2) is 9.78 Å². The van der Waals surface area contributed by atoms with E-state index in [9.17, 15) is 9.59 Å². The van der Waals surface area contributed by atoms with Gasteiger partial charge >= 0.3 is 5.97 Å². The van der Waals surface area contributed by atoms with E-state index in [0.29, 0.717) is 19.8 Å². The third-order valence-electron chi connectivity index (χ3n) is 2.57. The van der Waals surface area contributed by atoms with E-state index in [0.717, 1.165) is 19.1 Å². The predicted octanol–water partition coefficient (Wildman–Crippen LogP) is 0.449. The minimum Gasteiger partial charge on any atom is -0.424 e. The maximum atomic E-state index is 11.4. The van der Waals surface area contributed by atoms with E-state index in [2.05, 4.69) is 19.9 Å². The third kappa shape index (κ3) is 18.9. The molecule has 0 saturated carbocycles. The van der Waals surface area contributed by atoms with E-state index in [1.54, 1.807) is 6.92 Å². The molecule has 1 amide bonds. The quantitative estimate of drug-likeness (QED) is 0.227. The van der Waals surface area contributed by atoms with Crippen LogP contribution in [0.4, 0.5) is 0 Å². The van der Waals surface area contributed by atoms with E-state index in [1.807, 2.05) is 20.8 Å². The first-order valence-electron chi connectivity index (χ1n) is 8.02. The molecule has 0 aliphatic heterocycles. The Kier molecular flexibility index (Phi) is 20.1. The van der Waals surface area contributed by atoms with Gasteiger partial charge < -0.3 is 14.6 Å². The van der Waals surface area contributed by atoms with Gasteiger partial charge in [0.1, 0.15) is 0 Å². The second-order valence-corrected chi connectivity index (χ2v) is 6.13. The maximum Gasteiger partial charge on any atom is 0.327 e. The van der Waals surface area contributed by atoms with E-state index in [1.165, 1.54) is 0 Å². The molecule has 0 radical (unpaired) electrons. The summed E-state index contributed by atoms with van der Waals surface area (Å²) in [6, 6.07) is 1.05. The van der Waals surface area contributed by atoms with Crippen molar-refractivity contribution < 1.29 is 28.6 Å². The highest BCUT2D eigenvalue weighted by molar-refractivity contribution is 6.26. The number of carbonyl (C=O) groups excluding carboxylic acids is 2. The lowest BCUT2D eigenvalue weighted by Crippen LogP contribution is -2.29. The van der Waals surface area contributed by atoms with Crippen LogP contribution >= 0.6 is 0 Å². The standard InChI is InChI=1S/C10H22N2O4Si.C4H10O2/c1-3-15-17-6-4-5-12-9(13)7-8(2)10(14)16-11;1-3-5-6-4-2/h8H,3-7,11,17H2,1-2H3,(H,12,13);3-4H2,1-2H3/t8-;/m1./s1. The molecule has 1 atom stereocenters. The first-order chi connectivity index (χ1) is 11.0. The van der Waals surface area contributed by atoms with Crippen molar-refractivity contribution in [3.63, 3.8) is 0 Å². The lowest BCUT2D eigenvalue weighted by Gasteiger charge is -2.08. The fourth-order valence-electron chi connectivity index (χ4n) is 1.42. The summed E-state index contributed by atoms with van der Waals surface area (Å²) in [5.41, 5.74) is 0. The van der Waals surface area contributed by atoms with Crippen LogP contribution in [0.1, 0.15) is 40.5 Å². The van der Waals surface area contributed by atoms with Crippen LogP contribution in [-0.4, -0.2) is 48.0 Å². The second kappa shape index (κ2) is 19.0. The van der Waals surface area contributed by atoms with Gasteiger partial charge in [0.2, 0.25) is 5.91 Å². The van der Waals surface area contributed by atoms with Crippen LogP contribution in [0.3, 0.4) is 0 Å². The Morgan fingerprint density at radius 2 is 1.74 bits per heavy atom. The predicted molar refractivity (Wildman–Crippen MR) is 89.9 cm³/mol. The fraction of sp³-hybridized carbons (Fsp3) is 0.857.